The molecule has 3 saturated heterocycles. The zero-order valence-electron chi connectivity index (χ0n) is 15.0. The highest BCUT2D eigenvalue weighted by Gasteiger charge is 2.31. The summed E-state index contributed by atoms with van der Waals surface area (Å²) >= 11 is 0. The summed E-state index contributed by atoms with van der Waals surface area (Å²) in [5, 5.41) is 13.3. The molecule has 0 aliphatic carbocycles. The lowest BCUT2D eigenvalue weighted by atomic mass is 10.0. The number of morpholine rings is 1. The number of ether oxygens (including phenoxy) is 1. The minimum atomic E-state index is -0.325. The van der Waals surface area contributed by atoms with Gasteiger partial charge >= 0.3 is 6.03 Å². The van der Waals surface area contributed by atoms with Crippen molar-refractivity contribution in [2.24, 2.45) is 0 Å². The zero-order chi connectivity index (χ0) is 17.1. The van der Waals surface area contributed by atoms with Crippen molar-refractivity contribution in [1.82, 2.24) is 20.0 Å². The van der Waals surface area contributed by atoms with Gasteiger partial charge in [0.25, 0.3) is 0 Å². The summed E-state index contributed by atoms with van der Waals surface area (Å²) in [5.74, 6) is 0. The molecule has 0 aromatic heterocycles. The average molecular weight is 340 g/mol. The zero-order valence-corrected chi connectivity index (χ0v) is 15.0. The van der Waals surface area contributed by atoms with Crippen LogP contribution < -0.4 is 5.32 Å². The van der Waals surface area contributed by atoms with Gasteiger partial charge in [-0.1, -0.05) is 0 Å². The molecule has 3 heterocycles. The summed E-state index contributed by atoms with van der Waals surface area (Å²) in [5.41, 5.74) is 0. The highest BCUT2D eigenvalue weighted by Crippen LogP contribution is 2.19. The third-order valence-electron chi connectivity index (χ3n) is 5.32. The lowest BCUT2D eigenvalue weighted by Gasteiger charge is -2.39. The number of amides is 2. The molecule has 0 spiro atoms. The van der Waals surface area contributed by atoms with Gasteiger partial charge in [0.15, 0.2) is 0 Å². The lowest BCUT2D eigenvalue weighted by molar-refractivity contribution is -0.0784. The Hall–Kier alpha value is -0.890. The van der Waals surface area contributed by atoms with Crippen molar-refractivity contribution < 1.29 is 14.6 Å². The van der Waals surface area contributed by atoms with Crippen LogP contribution in [0.5, 0.6) is 0 Å². The number of likely N-dealkylation sites (tertiary alicyclic amines) is 1. The molecule has 0 aromatic rings. The number of hydrogen-bond acceptors (Lipinski definition) is 5. The van der Waals surface area contributed by atoms with Crippen LogP contribution in [0, 0.1) is 0 Å². The summed E-state index contributed by atoms with van der Waals surface area (Å²) < 4.78 is 5.75. The van der Waals surface area contributed by atoms with E-state index in [1.54, 1.807) is 0 Å². The Bertz CT molecular complexity index is 418. The fraction of sp³-hybridized carbons (Fsp3) is 0.941. The Morgan fingerprint density at radius 2 is 1.75 bits per heavy atom. The van der Waals surface area contributed by atoms with E-state index < -0.39 is 0 Å². The van der Waals surface area contributed by atoms with Gasteiger partial charge in [0.1, 0.15) is 0 Å². The van der Waals surface area contributed by atoms with Crippen molar-refractivity contribution >= 4 is 6.03 Å². The Balaban J connectivity index is 1.38. The third kappa shape index (κ3) is 4.59. The molecular weight excluding hydrogens is 308 g/mol. The van der Waals surface area contributed by atoms with Crippen molar-refractivity contribution in [2.75, 3.05) is 52.4 Å². The third-order valence-corrected chi connectivity index (χ3v) is 5.32. The maximum Gasteiger partial charge on any atom is 0.317 e. The van der Waals surface area contributed by atoms with Crippen LogP contribution in [-0.2, 0) is 4.74 Å². The molecule has 2 amide bonds. The van der Waals surface area contributed by atoms with Crippen LogP contribution in [0.15, 0.2) is 0 Å². The van der Waals surface area contributed by atoms with Gasteiger partial charge in [0.2, 0.25) is 0 Å². The summed E-state index contributed by atoms with van der Waals surface area (Å²) in [6.45, 7) is 10.9. The van der Waals surface area contributed by atoms with E-state index in [1.807, 2.05) is 4.90 Å². The van der Waals surface area contributed by atoms with Gasteiger partial charge in [-0.25, -0.2) is 4.79 Å². The Morgan fingerprint density at radius 1 is 1.12 bits per heavy atom. The summed E-state index contributed by atoms with van der Waals surface area (Å²) in [4.78, 5) is 18.4. The van der Waals surface area contributed by atoms with Crippen molar-refractivity contribution in [3.05, 3.63) is 0 Å². The van der Waals surface area contributed by atoms with Crippen LogP contribution in [0.2, 0.25) is 0 Å². The van der Waals surface area contributed by atoms with Crippen molar-refractivity contribution in [3.63, 3.8) is 0 Å². The Labute approximate surface area is 144 Å². The summed E-state index contributed by atoms with van der Waals surface area (Å²) in [6.07, 6.45) is 2.16. The molecule has 3 fully saturated rings. The van der Waals surface area contributed by atoms with Gasteiger partial charge < -0.3 is 25.0 Å². The number of carbonyl (C=O) groups excluding carboxylic acids is 1. The minimum absolute atomic E-state index is 0.0871. The smallest absolute Gasteiger partial charge is 0.317 e. The van der Waals surface area contributed by atoms with Gasteiger partial charge in [-0.15, -0.1) is 0 Å². The fourth-order valence-corrected chi connectivity index (χ4v) is 4.34. The molecule has 2 N–H and O–H groups in total. The molecule has 3 atom stereocenters. The maximum atomic E-state index is 11.8. The number of aliphatic hydroxyl groups excluding tert-OH is 1. The first-order valence-corrected chi connectivity index (χ1v) is 9.34. The van der Waals surface area contributed by atoms with E-state index in [9.17, 15) is 9.90 Å². The second-order valence-electron chi connectivity index (χ2n) is 7.59. The van der Waals surface area contributed by atoms with E-state index >= 15 is 0 Å². The van der Waals surface area contributed by atoms with Crippen LogP contribution in [0.3, 0.4) is 0 Å². The van der Waals surface area contributed by atoms with E-state index in [2.05, 4.69) is 29.0 Å². The largest absolute Gasteiger partial charge is 0.390 e. The number of hydrogen-bond donors (Lipinski definition) is 2. The molecular formula is C17H32N4O3. The monoisotopic (exact) mass is 340 g/mol. The predicted octanol–water partition coefficient (Wildman–Crippen LogP) is -0.0539. The first-order valence-electron chi connectivity index (χ1n) is 9.34. The Kier molecular flexibility index (Phi) is 5.97. The molecule has 0 saturated carbocycles. The van der Waals surface area contributed by atoms with Crippen molar-refractivity contribution in [1.29, 1.82) is 0 Å². The lowest BCUT2D eigenvalue weighted by Crippen LogP contribution is -2.51. The predicted molar refractivity (Wildman–Crippen MR) is 92.0 cm³/mol. The molecule has 0 aromatic carbocycles. The summed E-state index contributed by atoms with van der Waals surface area (Å²) in [7, 11) is 0. The van der Waals surface area contributed by atoms with E-state index in [1.165, 1.54) is 0 Å². The number of urea groups is 1. The molecule has 0 bridgehead atoms. The molecule has 0 radical (unpaired) electrons. The first-order chi connectivity index (χ1) is 11.5. The van der Waals surface area contributed by atoms with E-state index in [-0.39, 0.29) is 24.3 Å². The fourth-order valence-electron chi connectivity index (χ4n) is 4.34. The van der Waals surface area contributed by atoms with E-state index in [4.69, 9.17) is 4.74 Å². The van der Waals surface area contributed by atoms with Crippen LogP contribution >= 0.6 is 0 Å². The minimum Gasteiger partial charge on any atom is -0.390 e. The molecule has 7 heteroatoms. The highest BCUT2D eigenvalue weighted by atomic mass is 16.5. The first kappa shape index (κ1) is 17.9. The molecule has 0 unspecified atom stereocenters. The number of rotatable bonds is 5. The highest BCUT2D eigenvalue weighted by molar-refractivity contribution is 5.76. The number of nitrogens with zero attached hydrogens (tertiary/aromatic N) is 3. The second kappa shape index (κ2) is 7.99. The van der Waals surface area contributed by atoms with Gasteiger partial charge in [0.05, 0.1) is 18.3 Å². The molecule has 3 aliphatic rings. The van der Waals surface area contributed by atoms with Crippen LogP contribution in [0.4, 0.5) is 4.79 Å². The number of piperidine rings is 1. The average Bonchev–Trinajstić information content (AvgIpc) is 2.93. The summed E-state index contributed by atoms with van der Waals surface area (Å²) in [6, 6.07) is 0.450. The van der Waals surface area contributed by atoms with Crippen LogP contribution in [-0.4, -0.2) is 103 Å². The Morgan fingerprint density at radius 3 is 2.33 bits per heavy atom. The van der Waals surface area contributed by atoms with Crippen molar-refractivity contribution in [2.45, 2.75) is 51.0 Å². The van der Waals surface area contributed by atoms with Gasteiger partial charge in [-0.05, 0) is 26.7 Å². The van der Waals surface area contributed by atoms with Gasteiger partial charge in [0, 0.05) is 58.4 Å². The standard InChI is InChI=1S/C17H32N4O3/c1-13-9-20(10-14(2)24-13)12-16(22)11-19-6-3-15(4-7-19)21-8-5-18-17(21)23/h13-16,22H,3-12H2,1-2H3,(H,18,23)/t13-,14+,16-/m0/s1. The molecule has 3 aliphatic heterocycles. The molecule has 24 heavy (non-hydrogen) atoms. The maximum absolute atomic E-state index is 11.8. The number of nitrogens with one attached hydrogen (secondary N) is 1. The van der Waals surface area contributed by atoms with E-state index in [0.29, 0.717) is 12.6 Å². The van der Waals surface area contributed by atoms with Gasteiger partial charge in [-0.2, -0.15) is 0 Å². The quantitative estimate of drug-likeness (QED) is 0.734. The molecule has 7 nitrogen and oxygen atoms in total. The normalized spacial score (nSPS) is 32.1. The topological polar surface area (TPSA) is 68.3 Å². The van der Waals surface area contributed by atoms with Crippen molar-refractivity contribution in [3.8, 4) is 0 Å². The van der Waals surface area contributed by atoms with Gasteiger partial charge in [-0.3, -0.25) is 4.90 Å². The van der Waals surface area contributed by atoms with Crippen LogP contribution in [0.1, 0.15) is 26.7 Å². The second-order valence-corrected chi connectivity index (χ2v) is 7.59. The SMILES string of the molecule is C[C@@H]1CN(C[C@@H](O)CN2CCC(N3CCNC3=O)CC2)C[C@H](C)O1. The number of β-amino-alcohol motifs (C(OH)–C–C–N with tert-alkyl or cyclic N) is 1. The number of aliphatic hydroxyl groups is 1. The van der Waals surface area contributed by atoms with Crippen LogP contribution in [0.25, 0.3) is 0 Å². The molecule has 138 valence electrons. The molecule has 3 rings (SSSR count). The number of carbonyl (C=O) groups is 1. The van der Waals surface area contributed by atoms with E-state index in [0.717, 1.165) is 58.7 Å².